The van der Waals surface area contributed by atoms with Gasteiger partial charge >= 0.3 is 12.0 Å². The van der Waals surface area contributed by atoms with E-state index in [1.54, 1.807) is 0 Å². The molecule has 0 aromatic carbocycles. The first-order valence-electron chi connectivity index (χ1n) is 5.66. The Morgan fingerprint density at radius 1 is 1.47 bits per heavy atom. The number of hydrogen-bond acceptors (Lipinski definition) is 4. The lowest BCUT2D eigenvalue weighted by Crippen LogP contribution is -2.55. The number of nitrogens with zero attached hydrogens (tertiary/aromatic N) is 1. The van der Waals surface area contributed by atoms with Gasteiger partial charge in [0.25, 0.3) is 0 Å². The maximum Gasteiger partial charge on any atom is 0.328 e. The highest BCUT2D eigenvalue weighted by molar-refractivity contribution is 5.82. The van der Waals surface area contributed by atoms with Gasteiger partial charge in [-0.05, 0) is 20.0 Å². The Morgan fingerprint density at radius 2 is 2.24 bits per heavy atom. The zero-order valence-corrected chi connectivity index (χ0v) is 9.94. The van der Waals surface area contributed by atoms with Gasteiger partial charge in [-0.3, -0.25) is 0 Å². The molecule has 1 fully saturated rings. The van der Waals surface area contributed by atoms with E-state index < -0.39 is 12.0 Å². The molecule has 0 aliphatic carbocycles. The molecule has 1 rings (SSSR count). The summed E-state index contributed by atoms with van der Waals surface area (Å²) in [7, 11) is 1.84. The first-order chi connectivity index (χ1) is 8.16. The summed E-state index contributed by atoms with van der Waals surface area (Å²) >= 11 is 0. The van der Waals surface area contributed by atoms with Crippen LogP contribution in [0.15, 0.2) is 0 Å². The molecule has 0 bridgehead atoms. The molecular weight excluding hydrogens is 226 g/mol. The zero-order chi connectivity index (χ0) is 12.7. The Balaban J connectivity index is 2.39. The van der Waals surface area contributed by atoms with Gasteiger partial charge in [-0.2, -0.15) is 0 Å². The molecule has 0 aromatic heterocycles. The molecule has 0 spiro atoms. The normalized spacial score (nSPS) is 20.1. The van der Waals surface area contributed by atoms with Crippen molar-refractivity contribution in [2.45, 2.75) is 12.5 Å². The maximum absolute atomic E-state index is 11.8. The predicted octanol–water partition coefficient (Wildman–Crippen LogP) is -0.909. The van der Waals surface area contributed by atoms with E-state index in [0.29, 0.717) is 19.7 Å². The summed E-state index contributed by atoms with van der Waals surface area (Å²) in [6.45, 7) is 2.09. The molecule has 2 amide bonds. The average molecular weight is 245 g/mol. The Bertz CT molecular complexity index is 272. The molecule has 1 unspecified atom stereocenters. The van der Waals surface area contributed by atoms with Crippen molar-refractivity contribution in [3.05, 3.63) is 0 Å². The minimum atomic E-state index is -1.03. The third-order valence-corrected chi connectivity index (χ3v) is 2.55. The molecular formula is C10H19N3O4. The van der Waals surface area contributed by atoms with Crippen LogP contribution in [0.25, 0.3) is 0 Å². The lowest BCUT2D eigenvalue weighted by molar-refractivity contribution is -0.147. The molecule has 1 saturated heterocycles. The topological polar surface area (TPSA) is 90.9 Å². The quantitative estimate of drug-likeness (QED) is 0.546. The van der Waals surface area contributed by atoms with E-state index in [2.05, 4.69) is 10.6 Å². The van der Waals surface area contributed by atoms with Gasteiger partial charge in [-0.25, -0.2) is 9.59 Å². The van der Waals surface area contributed by atoms with Gasteiger partial charge in [0.1, 0.15) is 0 Å². The van der Waals surface area contributed by atoms with Crippen LogP contribution in [-0.4, -0.2) is 67.9 Å². The van der Waals surface area contributed by atoms with E-state index in [0.717, 1.165) is 13.0 Å². The van der Waals surface area contributed by atoms with Gasteiger partial charge in [-0.15, -0.1) is 0 Å². The summed E-state index contributed by atoms with van der Waals surface area (Å²) in [5.74, 6) is -1.03. The van der Waals surface area contributed by atoms with Gasteiger partial charge in [0.05, 0.1) is 13.2 Å². The minimum absolute atomic E-state index is 0.0548. The number of rotatable bonds is 5. The molecule has 0 saturated carbocycles. The number of hydrogen-bond donors (Lipinski definition) is 3. The third-order valence-electron chi connectivity index (χ3n) is 2.55. The van der Waals surface area contributed by atoms with Crippen LogP contribution in [0.4, 0.5) is 4.79 Å². The number of carboxylic acids is 1. The predicted molar refractivity (Wildman–Crippen MR) is 60.9 cm³/mol. The number of morpholine rings is 1. The summed E-state index contributed by atoms with van der Waals surface area (Å²) < 4.78 is 5.05. The second-order valence-corrected chi connectivity index (χ2v) is 3.81. The first kappa shape index (κ1) is 13.7. The molecule has 1 aliphatic rings. The number of carbonyl (C=O) groups is 2. The lowest BCUT2D eigenvalue weighted by atomic mass is 10.2. The van der Waals surface area contributed by atoms with Crippen LogP contribution >= 0.6 is 0 Å². The van der Waals surface area contributed by atoms with Crippen molar-refractivity contribution in [3.8, 4) is 0 Å². The number of ether oxygens (including phenoxy) is 1. The number of nitrogens with one attached hydrogen (secondary N) is 2. The smallest absolute Gasteiger partial charge is 0.328 e. The highest BCUT2D eigenvalue weighted by Gasteiger charge is 2.32. The van der Waals surface area contributed by atoms with Gasteiger partial charge in [0, 0.05) is 13.1 Å². The minimum Gasteiger partial charge on any atom is -0.480 e. The van der Waals surface area contributed by atoms with Crippen LogP contribution in [0.2, 0.25) is 0 Å². The van der Waals surface area contributed by atoms with E-state index in [4.69, 9.17) is 9.84 Å². The molecule has 0 aromatic rings. The summed E-state index contributed by atoms with van der Waals surface area (Å²) in [5.41, 5.74) is 0. The van der Waals surface area contributed by atoms with Crippen LogP contribution in [0.5, 0.6) is 0 Å². The van der Waals surface area contributed by atoms with Gasteiger partial charge in [0.15, 0.2) is 6.04 Å². The van der Waals surface area contributed by atoms with Gasteiger partial charge < -0.3 is 25.4 Å². The van der Waals surface area contributed by atoms with Gasteiger partial charge in [0.2, 0.25) is 0 Å². The van der Waals surface area contributed by atoms with E-state index in [-0.39, 0.29) is 12.6 Å². The van der Waals surface area contributed by atoms with Crippen LogP contribution in [0, 0.1) is 0 Å². The molecule has 7 heteroatoms. The Hall–Kier alpha value is -1.34. The van der Waals surface area contributed by atoms with Crippen molar-refractivity contribution in [3.63, 3.8) is 0 Å². The molecule has 1 heterocycles. The third kappa shape index (κ3) is 4.20. The molecule has 98 valence electrons. The van der Waals surface area contributed by atoms with Crippen LogP contribution in [0.3, 0.4) is 0 Å². The number of amides is 2. The Kier molecular flexibility index (Phi) is 5.71. The van der Waals surface area contributed by atoms with Crippen molar-refractivity contribution in [1.29, 1.82) is 0 Å². The van der Waals surface area contributed by atoms with Crippen LogP contribution in [0.1, 0.15) is 6.42 Å². The summed E-state index contributed by atoms with van der Waals surface area (Å²) in [4.78, 5) is 24.0. The monoisotopic (exact) mass is 245 g/mol. The maximum atomic E-state index is 11.8. The number of aliphatic carboxylic acids is 1. The number of carboxylic acid groups (broad SMARTS) is 1. The highest BCUT2D eigenvalue weighted by atomic mass is 16.5. The summed E-state index contributed by atoms with van der Waals surface area (Å²) in [5, 5.41) is 14.6. The van der Waals surface area contributed by atoms with E-state index in [1.165, 1.54) is 4.90 Å². The molecule has 7 nitrogen and oxygen atoms in total. The second-order valence-electron chi connectivity index (χ2n) is 3.81. The number of carbonyl (C=O) groups excluding carboxylic acids is 1. The Labute approximate surface area is 100 Å². The fraction of sp³-hybridized carbons (Fsp3) is 0.800. The highest BCUT2D eigenvalue weighted by Crippen LogP contribution is 2.07. The van der Waals surface area contributed by atoms with Crippen molar-refractivity contribution in [2.75, 3.05) is 39.9 Å². The van der Waals surface area contributed by atoms with Gasteiger partial charge in [-0.1, -0.05) is 0 Å². The fourth-order valence-corrected chi connectivity index (χ4v) is 1.61. The number of urea groups is 1. The largest absolute Gasteiger partial charge is 0.480 e. The van der Waals surface area contributed by atoms with Crippen LogP contribution < -0.4 is 10.6 Å². The zero-order valence-electron chi connectivity index (χ0n) is 9.94. The summed E-state index contributed by atoms with van der Waals surface area (Å²) in [6.07, 6.45) is 0.810. The lowest BCUT2D eigenvalue weighted by Gasteiger charge is -2.32. The van der Waals surface area contributed by atoms with E-state index in [9.17, 15) is 9.59 Å². The molecule has 17 heavy (non-hydrogen) atoms. The molecule has 3 N–H and O–H groups in total. The molecule has 0 radical (unpaired) electrons. The average Bonchev–Trinajstić information content (AvgIpc) is 2.34. The van der Waals surface area contributed by atoms with E-state index >= 15 is 0 Å². The van der Waals surface area contributed by atoms with Crippen LogP contribution in [-0.2, 0) is 9.53 Å². The Morgan fingerprint density at radius 3 is 2.88 bits per heavy atom. The van der Waals surface area contributed by atoms with Crippen molar-refractivity contribution < 1.29 is 19.4 Å². The first-order valence-corrected chi connectivity index (χ1v) is 5.66. The fourth-order valence-electron chi connectivity index (χ4n) is 1.61. The SMILES string of the molecule is CNCCCNC(=O)N1CCOCC1C(=O)O. The summed E-state index contributed by atoms with van der Waals surface area (Å²) in [6, 6.07) is -1.22. The molecule has 1 aliphatic heterocycles. The second kappa shape index (κ2) is 7.08. The van der Waals surface area contributed by atoms with Crippen molar-refractivity contribution in [1.82, 2.24) is 15.5 Å². The van der Waals surface area contributed by atoms with Crippen molar-refractivity contribution in [2.24, 2.45) is 0 Å². The van der Waals surface area contributed by atoms with E-state index in [1.807, 2.05) is 7.05 Å². The van der Waals surface area contributed by atoms with Crippen molar-refractivity contribution >= 4 is 12.0 Å². The standard InChI is InChI=1S/C10H19N3O4/c1-11-3-2-4-12-10(16)13-5-6-17-7-8(13)9(14)15/h8,11H,2-7H2,1H3,(H,12,16)(H,14,15). The molecule has 1 atom stereocenters.